The van der Waals surface area contributed by atoms with Gasteiger partial charge in [-0.1, -0.05) is 127 Å². The van der Waals surface area contributed by atoms with E-state index in [1.807, 2.05) is 42.5 Å². The molecule has 0 amide bonds. The van der Waals surface area contributed by atoms with Gasteiger partial charge in [0.2, 0.25) is 5.89 Å². The van der Waals surface area contributed by atoms with Crippen LogP contribution in [0.5, 0.6) is 0 Å². The lowest BCUT2D eigenvalue weighted by Crippen LogP contribution is -1.87. The number of fused-ring (bicyclic) bond motifs is 4. The van der Waals surface area contributed by atoms with Gasteiger partial charge in [-0.25, -0.2) is 4.98 Å². The molecule has 0 spiro atoms. The van der Waals surface area contributed by atoms with Crippen molar-refractivity contribution in [3.63, 3.8) is 0 Å². The maximum atomic E-state index is 9.42. The summed E-state index contributed by atoms with van der Waals surface area (Å²) in [5.41, 5.74) is 11.8. The second-order valence-corrected chi connectivity index (χ2v) is 12.3. The standard InChI is InChI=1S/C46H28N2O/c47-29-30-14-16-35(17-15-30)43-27-38(28-44-45(43)48-46(49-44)36-24-20-32(21-25-36)31-8-2-1-3-9-31)33-18-22-34(23-19-33)42-26-37-10-4-5-11-39(37)40-12-6-7-13-41(40)42/h1-28H. The Morgan fingerprint density at radius 3 is 1.71 bits per heavy atom. The van der Waals surface area contributed by atoms with Crippen molar-refractivity contribution >= 4 is 32.6 Å². The van der Waals surface area contributed by atoms with Crippen molar-refractivity contribution in [2.24, 2.45) is 0 Å². The van der Waals surface area contributed by atoms with Crippen LogP contribution in [0.4, 0.5) is 0 Å². The van der Waals surface area contributed by atoms with Crippen LogP contribution in [-0.2, 0) is 0 Å². The summed E-state index contributed by atoms with van der Waals surface area (Å²) >= 11 is 0. The zero-order valence-corrected chi connectivity index (χ0v) is 26.5. The lowest BCUT2D eigenvalue weighted by Gasteiger charge is -2.12. The Labute approximate surface area is 284 Å². The molecule has 1 heterocycles. The maximum absolute atomic E-state index is 9.42. The molecule has 0 fully saturated rings. The number of nitriles is 1. The fourth-order valence-electron chi connectivity index (χ4n) is 6.84. The molecule has 0 unspecified atom stereocenters. The van der Waals surface area contributed by atoms with Crippen LogP contribution in [0.2, 0.25) is 0 Å². The van der Waals surface area contributed by atoms with Crippen LogP contribution in [0.25, 0.3) is 88.6 Å². The van der Waals surface area contributed by atoms with Crippen molar-refractivity contribution in [3.8, 4) is 62.0 Å². The Kier molecular flexibility index (Phi) is 6.85. The largest absolute Gasteiger partial charge is 0.436 e. The molecule has 9 rings (SSSR count). The van der Waals surface area contributed by atoms with Crippen LogP contribution in [0.3, 0.4) is 0 Å². The zero-order chi connectivity index (χ0) is 32.7. The number of nitrogens with zero attached hydrogens (tertiary/aromatic N) is 2. The average molecular weight is 625 g/mol. The first-order valence-corrected chi connectivity index (χ1v) is 16.3. The van der Waals surface area contributed by atoms with E-state index in [4.69, 9.17) is 9.40 Å². The third-order valence-electron chi connectivity index (χ3n) is 9.36. The molecule has 9 aromatic rings. The van der Waals surface area contributed by atoms with Gasteiger partial charge in [-0.2, -0.15) is 5.26 Å². The van der Waals surface area contributed by atoms with Gasteiger partial charge in [0.15, 0.2) is 5.58 Å². The minimum atomic E-state index is 0.570. The van der Waals surface area contributed by atoms with E-state index >= 15 is 0 Å². The number of hydrogen-bond acceptors (Lipinski definition) is 3. The predicted octanol–water partition coefficient (Wildman–Crippen LogP) is 12.3. The number of hydrogen-bond donors (Lipinski definition) is 0. The molecule has 8 aromatic carbocycles. The molecule has 1 aromatic heterocycles. The molecular formula is C46H28N2O. The van der Waals surface area contributed by atoms with E-state index in [1.54, 1.807) is 0 Å². The summed E-state index contributed by atoms with van der Waals surface area (Å²) in [6.45, 7) is 0. The van der Waals surface area contributed by atoms with E-state index in [-0.39, 0.29) is 0 Å². The molecule has 0 bridgehead atoms. The van der Waals surface area contributed by atoms with Gasteiger partial charge in [0.25, 0.3) is 0 Å². The highest BCUT2D eigenvalue weighted by atomic mass is 16.3. The minimum Gasteiger partial charge on any atom is -0.436 e. The molecule has 0 N–H and O–H groups in total. The Morgan fingerprint density at radius 1 is 0.429 bits per heavy atom. The highest BCUT2D eigenvalue weighted by Crippen LogP contribution is 2.39. The summed E-state index contributed by atoms with van der Waals surface area (Å²) in [5, 5.41) is 14.4. The van der Waals surface area contributed by atoms with E-state index in [1.165, 1.54) is 38.2 Å². The summed E-state index contributed by atoms with van der Waals surface area (Å²) < 4.78 is 6.49. The smallest absolute Gasteiger partial charge is 0.227 e. The van der Waals surface area contributed by atoms with Gasteiger partial charge < -0.3 is 4.42 Å². The lowest BCUT2D eigenvalue weighted by atomic mass is 9.92. The molecule has 3 heteroatoms. The van der Waals surface area contributed by atoms with Crippen molar-refractivity contribution in [2.45, 2.75) is 0 Å². The molecule has 0 aliphatic heterocycles. The van der Waals surface area contributed by atoms with Gasteiger partial charge in [0.1, 0.15) is 5.52 Å². The fourth-order valence-corrected chi connectivity index (χ4v) is 6.84. The number of benzene rings is 8. The summed E-state index contributed by atoms with van der Waals surface area (Å²) in [5.74, 6) is 0.570. The van der Waals surface area contributed by atoms with E-state index in [2.05, 4.69) is 133 Å². The predicted molar refractivity (Wildman–Crippen MR) is 201 cm³/mol. The Morgan fingerprint density at radius 2 is 0.980 bits per heavy atom. The Hall–Kier alpha value is -6.76. The first-order valence-electron chi connectivity index (χ1n) is 16.3. The van der Waals surface area contributed by atoms with Crippen LogP contribution in [-0.4, -0.2) is 4.98 Å². The van der Waals surface area contributed by atoms with Crippen molar-refractivity contribution in [1.29, 1.82) is 5.26 Å². The SMILES string of the molecule is N#Cc1ccc(-c2cc(-c3ccc(-c4cc5ccccc5c5ccccc45)cc3)cc3oc(-c4ccc(-c5ccccc5)cc4)nc23)cc1. The fraction of sp³-hybridized carbons (Fsp3) is 0. The lowest BCUT2D eigenvalue weighted by molar-refractivity contribution is 0.620. The third-order valence-corrected chi connectivity index (χ3v) is 9.36. The molecule has 3 nitrogen and oxygen atoms in total. The summed E-state index contributed by atoms with van der Waals surface area (Å²) in [7, 11) is 0. The van der Waals surface area contributed by atoms with Crippen LogP contribution in [0, 0.1) is 11.3 Å². The highest BCUT2D eigenvalue weighted by molar-refractivity contribution is 6.13. The van der Waals surface area contributed by atoms with Gasteiger partial charge >= 0.3 is 0 Å². The summed E-state index contributed by atoms with van der Waals surface area (Å²) in [4.78, 5) is 5.01. The van der Waals surface area contributed by atoms with E-state index in [0.29, 0.717) is 17.0 Å². The quantitative estimate of drug-likeness (QED) is 0.179. The molecular weight excluding hydrogens is 597 g/mol. The molecule has 49 heavy (non-hydrogen) atoms. The molecule has 0 aliphatic rings. The van der Waals surface area contributed by atoms with Crippen molar-refractivity contribution < 1.29 is 4.42 Å². The number of rotatable bonds is 5. The monoisotopic (exact) mass is 624 g/mol. The van der Waals surface area contributed by atoms with E-state index in [9.17, 15) is 5.26 Å². The van der Waals surface area contributed by atoms with Crippen LogP contribution < -0.4 is 0 Å². The van der Waals surface area contributed by atoms with Gasteiger partial charge in [-0.05, 0) is 103 Å². The van der Waals surface area contributed by atoms with Crippen LogP contribution in [0.15, 0.2) is 174 Å². The second kappa shape index (κ2) is 11.8. The topological polar surface area (TPSA) is 49.8 Å². The van der Waals surface area contributed by atoms with E-state index in [0.717, 1.165) is 38.9 Å². The zero-order valence-electron chi connectivity index (χ0n) is 26.5. The molecule has 0 saturated heterocycles. The first-order chi connectivity index (χ1) is 24.2. The van der Waals surface area contributed by atoms with Gasteiger partial charge in [-0.3, -0.25) is 0 Å². The molecule has 228 valence electrons. The van der Waals surface area contributed by atoms with Crippen molar-refractivity contribution in [2.75, 3.05) is 0 Å². The van der Waals surface area contributed by atoms with Crippen molar-refractivity contribution in [3.05, 3.63) is 175 Å². The van der Waals surface area contributed by atoms with Crippen LogP contribution in [0.1, 0.15) is 5.56 Å². The normalized spacial score (nSPS) is 11.2. The number of oxazole rings is 1. The van der Waals surface area contributed by atoms with Gasteiger partial charge in [0, 0.05) is 11.1 Å². The second-order valence-electron chi connectivity index (χ2n) is 12.3. The summed E-state index contributed by atoms with van der Waals surface area (Å²) in [6.07, 6.45) is 0. The first kappa shape index (κ1) is 28.5. The Balaban J connectivity index is 1.14. The van der Waals surface area contributed by atoms with Gasteiger partial charge in [-0.15, -0.1) is 0 Å². The molecule has 0 radical (unpaired) electrons. The van der Waals surface area contributed by atoms with Crippen molar-refractivity contribution in [1.82, 2.24) is 4.98 Å². The van der Waals surface area contributed by atoms with E-state index < -0.39 is 0 Å². The molecule has 0 saturated carbocycles. The maximum Gasteiger partial charge on any atom is 0.227 e. The minimum absolute atomic E-state index is 0.570. The van der Waals surface area contributed by atoms with Gasteiger partial charge in [0.05, 0.1) is 11.6 Å². The third kappa shape index (κ3) is 5.13. The molecule has 0 aliphatic carbocycles. The molecule has 0 atom stereocenters. The highest BCUT2D eigenvalue weighted by Gasteiger charge is 2.17. The average Bonchev–Trinajstić information content (AvgIpc) is 3.62. The summed E-state index contributed by atoms with van der Waals surface area (Å²) in [6, 6.07) is 61.1. The number of aromatic nitrogens is 1. The Bertz CT molecular complexity index is 2680. The van der Waals surface area contributed by atoms with Crippen LogP contribution >= 0.6 is 0 Å².